The average Bonchev–Trinajstić information content (AvgIpc) is 2.20. The van der Waals surface area contributed by atoms with Crippen LogP contribution < -0.4 is 5.73 Å². The molecule has 0 radical (unpaired) electrons. The van der Waals surface area contributed by atoms with Gasteiger partial charge in [-0.1, -0.05) is 42.9 Å². The van der Waals surface area contributed by atoms with Gasteiger partial charge < -0.3 is 5.73 Å². The molecule has 1 aromatic carbocycles. The molecule has 1 aliphatic rings. The third-order valence-corrected chi connectivity index (χ3v) is 3.09. The zero-order chi connectivity index (χ0) is 10.8. The van der Waals surface area contributed by atoms with Gasteiger partial charge in [0.05, 0.1) is 0 Å². The summed E-state index contributed by atoms with van der Waals surface area (Å²) in [7, 11) is 0. The van der Waals surface area contributed by atoms with E-state index < -0.39 is 0 Å². The maximum Gasteiger partial charge on any atom is 0.0314 e. The van der Waals surface area contributed by atoms with Gasteiger partial charge in [-0.05, 0) is 30.5 Å². The lowest BCUT2D eigenvalue weighted by atomic mass is 9.79. The first-order valence-corrected chi connectivity index (χ1v) is 5.39. The summed E-state index contributed by atoms with van der Waals surface area (Å²) in [5.74, 6) is 1.08. The number of hydrogen-bond donors (Lipinski definition) is 1. The first kappa shape index (κ1) is 10.0. The number of benzene rings is 1. The molecule has 0 fully saturated rings. The summed E-state index contributed by atoms with van der Waals surface area (Å²) in [6, 6.07) is 8.22. The molecular formula is C14H17N. The van der Waals surface area contributed by atoms with Crippen LogP contribution in [0, 0.1) is 5.92 Å². The number of nitrogens with two attached hydrogens (primary N) is 1. The maximum atomic E-state index is 5.70. The van der Waals surface area contributed by atoms with E-state index in [1.165, 1.54) is 11.1 Å². The van der Waals surface area contributed by atoms with Crippen LogP contribution in [0.1, 0.15) is 25.3 Å². The summed E-state index contributed by atoms with van der Waals surface area (Å²) in [6.45, 7) is 4.45. The molecule has 1 aliphatic carbocycles. The van der Waals surface area contributed by atoms with E-state index in [1.54, 1.807) is 0 Å². The van der Waals surface area contributed by atoms with Crippen LogP contribution in [0.25, 0.3) is 0 Å². The van der Waals surface area contributed by atoms with Crippen molar-refractivity contribution in [2.75, 3.05) is 5.73 Å². The summed E-state index contributed by atoms with van der Waals surface area (Å²) in [6.07, 6.45) is 6.60. The number of allylic oxidation sites excluding steroid dienone is 4. The number of nitrogen functional groups attached to an aromatic ring is 1. The molecule has 1 heteroatoms. The Bertz CT molecular complexity index is 398. The van der Waals surface area contributed by atoms with E-state index in [0.717, 1.165) is 5.69 Å². The molecule has 0 saturated heterocycles. The lowest BCUT2D eigenvalue weighted by Gasteiger charge is -2.25. The first-order valence-electron chi connectivity index (χ1n) is 5.39. The van der Waals surface area contributed by atoms with Crippen LogP contribution in [-0.2, 0) is 0 Å². The van der Waals surface area contributed by atoms with Crippen molar-refractivity contribution in [1.82, 2.24) is 0 Å². The Morgan fingerprint density at radius 3 is 2.40 bits per heavy atom. The highest BCUT2D eigenvalue weighted by Gasteiger charge is 2.20. The van der Waals surface area contributed by atoms with E-state index in [4.69, 9.17) is 5.73 Å². The molecular weight excluding hydrogens is 182 g/mol. The monoisotopic (exact) mass is 199 g/mol. The topological polar surface area (TPSA) is 26.0 Å². The molecule has 2 unspecified atom stereocenters. The van der Waals surface area contributed by atoms with E-state index in [0.29, 0.717) is 11.8 Å². The van der Waals surface area contributed by atoms with Gasteiger partial charge in [0.25, 0.3) is 0 Å². The highest BCUT2D eigenvalue weighted by molar-refractivity contribution is 5.43. The molecule has 1 aromatic rings. The van der Waals surface area contributed by atoms with E-state index in [1.807, 2.05) is 12.1 Å². The number of hydrogen-bond acceptors (Lipinski definition) is 1. The second kappa shape index (κ2) is 3.93. The minimum Gasteiger partial charge on any atom is -0.399 e. The van der Waals surface area contributed by atoms with Gasteiger partial charge in [-0.3, -0.25) is 0 Å². The van der Waals surface area contributed by atoms with E-state index in [9.17, 15) is 0 Å². The molecule has 0 amide bonds. The van der Waals surface area contributed by atoms with Crippen molar-refractivity contribution in [2.24, 2.45) is 5.92 Å². The Morgan fingerprint density at radius 1 is 1.13 bits per heavy atom. The van der Waals surface area contributed by atoms with Gasteiger partial charge in [-0.15, -0.1) is 0 Å². The van der Waals surface area contributed by atoms with Crippen LogP contribution in [0.3, 0.4) is 0 Å². The lowest BCUT2D eigenvalue weighted by Crippen LogP contribution is -2.11. The second-order valence-corrected chi connectivity index (χ2v) is 4.30. The Morgan fingerprint density at radius 2 is 1.80 bits per heavy atom. The molecule has 2 rings (SSSR count). The van der Waals surface area contributed by atoms with Crippen LogP contribution in [0.5, 0.6) is 0 Å². The summed E-state index contributed by atoms with van der Waals surface area (Å²) in [5.41, 5.74) is 9.31. The SMILES string of the molecule is CC1=CC=CC(C)C1c1ccc(N)cc1. The zero-order valence-corrected chi connectivity index (χ0v) is 9.27. The molecule has 78 valence electrons. The van der Waals surface area contributed by atoms with Crippen LogP contribution in [0.2, 0.25) is 0 Å². The Balaban J connectivity index is 2.34. The van der Waals surface area contributed by atoms with Crippen molar-refractivity contribution < 1.29 is 0 Å². The van der Waals surface area contributed by atoms with Gasteiger partial charge in [0.1, 0.15) is 0 Å². The fraction of sp³-hybridized carbons (Fsp3) is 0.286. The predicted octanol–water partition coefficient (Wildman–Crippen LogP) is 3.50. The Labute approximate surface area is 91.3 Å². The van der Waals surface area contributed by atoms with Gasteiger partial charge in [-0.25, -0.2) is 0 Å². The minimum absolute atomic E-state index is 0.510. The molecule has 0 aromatic heterocycles. The molecule has 0 aliphatic heterocycles. The van der Waals surface area contributed by atoms with Crippen LogP contribution in [0.15, 0.2) is 48.1 Å². The van der Waals surface area contributed by atoms with Crippen molar-refractivity contribution in [3.8, 4) is 0 Å². The Hall–Kier alpha value is -1.50. The number of anilines is 1. The van der Waals surface area contributed by atoms with Gasteiger partial charge >= 0.3 is 0 Å². The normalized spacial score (nSPS) is 25.1. The smallest absolute Gasteiger partial charge is 0.0314 e. The molecule has 0 spiro atoms. The summed E-state index contributed by atoms with van der Waals surface area (Å²) in [5, 5.41) is 0. The molecule has 0 saturated carbocycles. The number of rotatable bonds is 1. The van der Waals surface area contributed by atoms with Gasteiger partial charge in [-0.2, -0.15) is 0 Å². The highest BCUT2D eigenvalue weighted by Crippen LogP contribution is 2.35. The lowest BCUT2D eigenvalue weighted by molar-refractivity contribution is 0.606. The van der Waals surface area contributed by atoms with Crippen LogP contribution in [-0.4, -0.2) is 0 Å². The van der Waals surface area contributed by atoms with Gasteiger partial charge in [0, 0.05) is 11.6 Å². The van der Waals surface area contributed by atoms with Crippen molar-refractivity contribution in [3.05, 3.63) is 53.6 Å². The molecule has 2 atom stereocenters. The zero-order valence-electron chi connectivity index (χ0n) is 9.27. The summed E-state index contributed by atoms with van der Waals surface area (Å²) in [4.78, 5) is 0. The van der Waals surface area contributed by atoms with E-state index >= 15 is 0 Å². The molecule has 15 heavy (non-hydrogen) atoms. The van der Waals surface area contributed by atoms with E-state index in [-0.39, 0.29) is 0 Å². The molecule has 0 heterocycles. The van der Waals surface area contributed by atoms with Gasteiger partial charge in [0.15, 0.2) is 0 Å². The highest BCUT2D eigenvalue weighted by atomic mass is 14.5. The van der Waals surface area contributed by atoms with Crippen molar-refractivity contribution in [3.63, 3.8) is 0 Å². The van der Waals surface area contributed by atoms with Crippen molar-refractivity contribution in [1.29, 1.82) is 0 Å². The summed E-state index contributed by atoms with van der Waals surface area (Å²) >= 11 is 0. The van der Waals surface area contributed by atoms with Crippen molar-refractivity contribution >= 4 is 5.69 Å². The van der Waals surface area contributed by atoms with E-state index in [2.05, 4.69) is 44.2 Å². The van der Waals surface area contributed by atoms with Gasteiger partial charge in [0.2, 0.25) is 0 Å². The van der Waals surface area contributed by atoms with Crippen molar-refractivity contribution in [2.45, 2.75) is 19.8 Å². The quantitative estimate of drug-likeness (QED) is 0.688. The maximum absolute atomic E-state index is 5.70. The first-order chi connectivity index (χ1) is 7.18. The summed E-state index contributed by atoms with van der Waals surface area (Å²) < 4.78 is 0. The largest absolute Gasteiger partial charge is 0.399 e. The fourth-order valence-corrected chi connectivity index (χ4v) is 2.28. The third kappa shape index (κ3) is 1.96. The second-order valence-electron chi connectivity index (χ2n) is 4.30. The minimum atomic E-state index is 0.510. The molecule has 2 N–H and O–H groups in total. The van der Waals surface area contributed by atoms with Crippen LogP contribution in [0.4, 0.5) is 5.69 Å². The van der Waals surface area contributed by atoms with Crippen LogP contribution >= 0.6 is 0 Å². The molecule has 1 nitrogen and oxygen atoms in total. The fourth-order valence-electron chi connectivity index (χ4n) is 2.28. The third-order valence-electron chi connectivity index (χ3n) is 3.09. The molecule has 0 bridgehead atoms. The standard InChI is InChI=1S/C14H17N/c1-10-4-3-5-11(2)14(10)12-6-8-13(15)9-7-12/h3-10,14H,15H2,1-2H3. The predicted molar refractivity (Wildman–Crippen MR) is 65.7 cm³/mol. The average molecular weight is 199 g/mol. The Kier molecular flexibility index (Phi) is 2.63.